The van der Waals surface area contributed by atoms with Crippen molar-refractivity contribution in [1.82, 2.24) is 20.2 Å². The fourth-order valence-electron chi connectivity index (χ4n) is 5.51. The standard InChI is InChI=1S/C18H25N5O/c1-11-19-5-4-14(20-11)22-6-8-23(9-7-22)18(24)21-17-15-12-2-3-13(10-12)16(15)17/h4-5,12-13,15-17H,2-3,6-10H2,1H3,(H,21,24)/t12-,13-,15-,16-/m0/s1. The van der Waals surface area contributed by atoms with Gasteiger partial charge in [-0.15, -0.1) is 0 Å². The van der Waals surface area contributed by atoms with Gasteiger partial charge in [0.25, 0.3) is 0 Å². The quantitative estimate of drug-likeness (QED) is 0.897. The number of hydrogen-bond acceptors (Lipinski definition) is 4. The van der Waals surface area contributed by atoms with Crippen LogP contribution in [0.15, 0.2) is 12.3 Å². The van der Waals surface area contributed by atoms with Crippen LogP contribution < -0.4 is 10.2 Å². The number of amides is 2. The Hall–Kier alpha value is -1.85. The summed E-state index contributed by atoms with van der Waals surface area (Å²) >= 11 is 0. The van der Waals surface area contributed by atoms with E-state index in [1.165, 1.54) is 19.3 Å². The average Bonchev–Trinajstić information content (AvgIpc) is 2.98. The fourth-order valence-corrected chi connectivity index (χ4v) is 5.51. The molecule has 1 N–H and O–H groups in total. The van der Waals surface area contributed by atoms with E-state index in [0.29, 0.717) is 6.04 Å². The number of hydrogen-bond donors (Lipinski definition) is 1. The molecule has 2 heterocycles. The molecular weight excluding hydrogens is 302 g/mol. The van der Waals surface area contributed by atoms with Gasteiger partial charge in [-0.25, -0.2) is 14.8 Å². The normalized spacial score (nSPS) is 36.6. The number of carbonyl (C=O) groups is 1. The second-order valence-electron chi connectivity index (χ2n) is 7.90. The maximum Gasteiger partial charge on any atom is 0.317 e. The summed E-state index contributed by atoms with van der Waals surface area (Å²) in [5.74, 6) is 5.18. The number of piperazine rings is 1. The first-order valence-corrected chi connectivity index (χ1v) is 9.31. The van der Waals surface area contributed by atoms with Crippen molar-refractivity contribution in [3.05, 3.63) is 18.1 Å². The van der Waals surface area contributed by atoms with Gasteiger partial charge in [0.15, 0.2) is 0 Å². The lowest BCUT2D eigenvalue weighted by atomic mass is 10.0. The van der Waals surface area contributed by atoms with Crippen LogP contribution in [-0.4, -0.2) is 53.1 Å². The van der Waals surface area contributed by atoms with Crippen LogP contribution in [0.1, 0.15) is 25.1 Å². The molecule has 1 aromatic rings. The number of carbonyl (C=O) groups excluding carboxylic acids is 1. The number of nitrogens with one attached hydrogen (secondary N) is 1. The molecule has 1 aliphatic heterocycles. The lowest BCUT2D eigenvalue weighted by molar-refractivity contribution is 0.191. The van der Waals surface area contributed by atoms with Gasteiger partial charge in [0.05, 0.1) is 0 Å². The number of urea groups is 1. The summed E-state index contributed by atoms with van der Waals surface area (Å²) in [5, 5.41) is 3.33. The molecule has 1 saturated heterocycles. The first-order valence-electron chi connectivity index (χ1n) is 9.31. The van der Waals surface area contributed by atoms with E-state index in [1.807, 2.05) is 17.9 Å². The van der Waals surface area contributed by atoms with Crippen molar-refractivity contribution in [3.63, 3.8) is 0 Å². The van der Waals surface area contributed by atoms with Gasteiger partial charge < -0.3 is 15.1 Å². The molecule has 6 heteroatoms. The maximum absolute atomic E-state index is 12.6. The first-order chi connectivity index (χ1) is 11.7. The fraction of sp³-hybridized carbons (Fsp3) is 0.722. The van der Waals surface area contributed by atoms with Crippen molar-refractivity contribution in [1.29, 1.82) is 0 Å². The third-order valence-corrected chi connectivity index (χ3v) is 6.68. The number of aryl methyl sites for hydroxylation is 1. The number of rotatable bonds is 2. The van der Waals surface area contributed by atoms with Gasteiger partial charge in [0.1, 0.15) is 11.6 Å². The Bertz CT molecular complexity index is 641. The molecule has 1 aromatic heterocycles. The van der Waals surface area contributed by atoms with Crippen LogP contribution in [0.4, 0.5) is 10.6 Å². The molecule has 24 heavy (non-hydrogen) atoms. The van der Waals surface area contributed by atoms with E-state index in [4.69, 9.17) is 0 Å². The van der Waals surface area contributed by atoms with Crippen molar-refractivity contribution in [2.24, 2.45) is 23.7 Å². The summed E-state index contributed by atoms with van der Waals surface area (Å²) in [4.78, 5) is 25.4. The summed E-state index contributed by atoms with van der Waals surface area (Å²) in [6.45, 7) is 5.12. The van der Waals surface area contributed by atoms with Crippen LogP contribution in [0.5, 0.6) is 0 Å². The molecule has 128 valence electrons. The molecule has 3 aliphatic carbocycles. The summed E-state index contributed by atoms with van der Waals surface area (Å²) in [7, 11) is 0. The highest BCUT2D eigenvalue weighted by Crippen LogP contribution is 2.65. The van der Waals surface area contributed by atoms with Crippen LogP contribution >= 0.6 is 0 Å². The van der Waals surface area contributed by atoms with Gasteiger partial charge in [0.2, 0.25) is 0 Å². The Morgan fingerprint density at radius 2 is 1.88 bits per heavy atom. The number of aromatic nitrogens is 2. The van der Waals surface area contributed by atoms with E-state index in [0.717, 1.165) is 61.5 Å². The van der Waals surface area contributed by atoms with E-state index in [-0.39, 0.29) is 6.03 Å². The van der Waals surface area contributed by atoms with Gasteiger partial charge in [-0.1, -0.05) is 0 Å². The summed E-state index contributed by atoms with van der Waals surface area (Å²) in [5.41, 5.74) is 0. The van der Waals surface area contributed by atoms with Crippen molar-refractivity contribution >= 4 is 11.8 Å². The Morgan fingerprint density at radius 3 is 2.54 bits per heavy atom. The Labute approximate surface area is 142 Å². The van der Waals surface area contributed by atoms with Crippen LogP contribution in [0.2, 0.25) is 0 Å². The molecule has 0 aromatic carbocycles. The second-order valence-corrected chi connectivity index (χ2v) is 7.90. The molecule has 5 rings (SSSR count). The minimum absolute atomic E-state index is 0.146. The molecular formula is C18H25N5O. The Morgan fingerprint density at radius 1 is 1.17 bits per heavy atom. The van der Waals surface area contributed by atoms with Gasteiger partial charge in [-0.3, -0.25) is 0 Å². The van der Waals surface area contributed by atoms with Crippen LogP contribution in [0.3, 0.4) is 0 Å². The Kier molecular flexibility index (Phi) is 3.22. The van der Waals surface area contributed by atoms with E-state index in [1.54, 1.807) is 6.20 Å². The van der Waals surface area contributed by atoms with E-state index >= 15 is 0 Å². The molecule has 0 unspecified atom stereocenters. The summed E-state index contributed by atoms with van der Waals surface area (Å²) < 4.78 is 0. The minimum Gasteiger partial charge on any atom is -0.353 e. The largest absolute Gasteiger partial charge is 0.353 e. The van der Waals surface area contributed by atoms with Crippen LogP contribution in [-0.2, 0) is 0 Å². The average molecular weight is 327 g/mol. The van der Waals surface area contributed by atoms with E-state index in [9.17, 15) is 4.79 Å². The molecule has 4 fully saturated rings. The van der Waals surface area contributed by atoms with Gasteiger partial charge in [0, 0.05) is 38.4 Å². The smallest absolute Gasteiger partial charge is 0.317 e. The highest BCUT2D eigenvalue weighted by atomic mass is 16.2. The second kappa shape index (κ2) is 5.33. The number of anilines is 1. The topological polar surface area (TPSA) is 61.4 Å². The third-order valence-electron chi connectivity index (χ3n) is 6.68. The van der Waals surface area contributed by atoms with Crippen molar-refractivity contribution in [2.45, 2.75) is 32.2 Å². The zero-order chi connectivity index (χ0) is 16.3. The van der Waals surface area contributed by atoms with Gasteiger partial charge in [-0.2, -0.15) is 0 Å². The minimum atomic E-state index is 0.146. The monoisotopic (exact) mass is 327 g/mol. The SMILES string of the molecule is Cc1nccc(N2CCN(C(=O)NC3[C@H]4[C@H]5CC[C@@H](C5)[C@H]34)CC2)n1. The molecule has 6 nitrogen and oxygen atoms in total. The molecule has 2 amide bonds. The van der Waals surface area contributed by atoms with Gasteiger partial charge in [-0.05, 0) is 55.9 Å². The van der Waals surface area contributed by atoms with Crippen molar-refractivity contribution < 1.29 is 4.79 Å². The molecule has 4 aliphatic rings. The van der Waals surface area contributed by atoms with Gasteiger partial charge >= 0.3 is 6.03 Å². The molecule has 2 bridgehead atoms. The zero-order valence-electron chi connectivity index (χ0n) is 14.2. The lowest BCUT2D eigenvalue weighted by Gasteiger charge is -2.35. The predicted molar refractivity (Wildman–Crippen MR) is 90.7 cm³/mol. The third kappa shape index (κ3) is 2.26. The summed E-state index contributed by atoms with van der Waals surface area (Å²) in [6.07, 6.45) is 6.03. The lowest BCUT2D eigenvalue weighted by Crippen LogP contribution is -2.52. The first kappa shape index (κ1) is 14.5. The highest BCUT2D eigenvalue weighted by molar-refractivity contribution is 5.75. The molecule has 0 spiro atoms. The highest BCUT2D eigenvalue weighted by Gasteiger charge is 2.65. The molecule has 3 saturated carbocycles. The molecule has 0 radical (unpaired) electrons. The summed E-state index contributed by atoms with van der Waals surface area (Å²) in [6, 6.07) is 2.57. The van der Waals surface area contributed by atoms with Crippen molar-refractivity contribution in [2.75, 3.05) is 31.1 Å². The van der Waals surface area contributed by atoms with E-state index in [2.05, 4.69) is 20.2 Å². The van der Waals surface area contributed by atoms with E-state index < -0.39 is 0 Å². The zero-order valence-corrected chi connectivity index (χ0v) is 14.2. The van der Waals surface area contributed by atoms with Crippen LogP contribution in [0.25, 0.3) is 0 Å². The Balaban J connectivity index is 1.15. The predicted octanol–water partition coefficient (Wildman–Crippen LogP) is 1.66. The maximum atomic E-state index is 12.6. The molecule has 4 atom stereocenters. The van der Waals surface area contributed by atoms with Crippen molar-refractivity contribution in [3.8, 4) is 0 Å². The van der Waals surface area contributed by atoms with Crippen LogP contribution in [0, 0.1) is 30.6 Å². The number of nitrogens with zero attached hydrogens (tertiary/aromatic N) is 4. The number of fused-ring (bicyclic) bond motifs is 5.